The number of aryl methyl sites for hydroxylation is 1. The van der Waals surface area contributed by atoms with Crippen LogP contribution in [0.1, 0.15) is 43.7 Å². The van der Waals surface area contributed by atoms with E-state index in [0.29, 0.717) is 26.1 Å². The summed E-state index contributed by atoms with van der Waals surface area (Å²) in [6.07, 6.45) is 4.26. The number of para-hydroxylation sites is 1. The third-order valence-electron chi connectivity index (χ3n) is 6.85. The van der Waals surface area contributed by atoms with E-state index in [2.05, 4.69) is 20.9 Å². The molecule has 2 atom stereocenters. The lowest BCUT2D eigenvalue weighted by atomic mass is 10.1. The van der Waals surface area contributed by atoms with Gasteiger partial charge in [-0.1, -0.05) is 48.5 Å². The van der Waals surface area contributed by atoms with E-state index in [1.807, 2.05) is 60.8 Å². The minimum Gasteiger partial charge on any atom is -0.361 e. The Labute approximate surface area is 222 Å². The van der Waals surface area contributed by atoms with Crippen LogP contribution in [-0.4, -0.2) is 58.7 Å². The molecule has 0 spiro atoms. The molecular weight excluding hydrogens is 482 g/mol. The van der Waals surface area contributed by atoms with Gasteiger partial charge in [-0.2, -0.15) is 0 Å². The van der Waals surface area contributed by atoms with E-state index in [1.165, 1.54) is 0 Å². The number of nitrogens with one attached hydrogen (secondary N) is 4. The highest BCUT2D eigenvalue weighted by Gasteiger charge is 2.29. The Morgan fingerprint density at radius 3 is 2.45 bits per heavy atom. The zero-order valence-corrected chi connectivity index (χ0v) is 21.7. The van der Waals surface area contributed by atoms with E-state index in [0.717, 1.165) is 34.9 Å². The third-order valence-corrected chi connectivity index (χ3v) is 6.85. The van der Waals surface area contributed by atoms with E-state index in [-0.39, 0.29) is 30.6 Å². The maximum Gasteiger partial charge on any atom is 0.243 e. The van der Waals surface area contributed by atoms with Crippen LogP contribution in [0.5, 0.6) is 0 Å². The van der Waals surface area contributed by atoms with Crippen molar-refractivity contribution in [1.29, 1.82) is 0 Å². The number of carbonyl (C=O) groups is 4. The molecule has 0 saturated carbocycles. The third kappa shape index (κ3) is 7.21. The van der Waals surface area contributed by atoms with Crippen LogP contribution in [0.4, 0.5) is 0 Å². The summed E-state index contributed by atoms with van der Waals surface area (Å²) in [7, 11) is 0. The second-order valence-corrected chi connectivity index (χ2v) is 9.70. The van der Waals surface area contributed by atoms with Gasteiger partial charge in [0.2, 0.25) is 23.6 Å². The number of amides is 4. The number of H-pyrrole nitrogens is 1. The van der Waals surface area contributed by atoms with Crippen LogP contribution < -0.4 is 16.0 Å². The zero-order chi connectivity index (χ0) is 26.9. The Balaban J connectivity index is 1.34. The van der Waals surface area contributed by atoms with Crippen molar-refractivity contribution in [3.63, 3.8) is 0 Å². The molecule has 9 nitrogen and oxygen atoms in total. The highest BCUT2D eigenvalue weighted by Crippen LogP contribution is 2.16. The second-order valence-electron chi connectivity index (χ2n) is 9.70. The van der Waals surface area contributed by atoms with Gasteiger partial charge in [-0.15, -0.1) is 0 Å². The lowest BCUT2D eigenvalue weighted by Crippen LogP contribution is -2.54. The molecule has 1 fully saturated rings. The summed E-state index contributed by atoms with van der Waals surface area (Å²) < 4.78 is 0. The summed E-state index contributed by atoms with van der Waals surface area (Å²) in [5, 5.41) is 9.31. The smallest absolute Gasteiger partial charge is 0.243 e. The van der Waals surface area contributed by atoms with Gasteiger partial charge >= 0.3 is 0 Å². The highest BCUT2D eigenvalue weighted by molar-refractivity contribution is 5.95. The topological polar surface area (TPSA) is 123 Å². The molecule has 1 aliphatic rings. The number of rotatable bonds is 11. The van der Waals surface area contributed by atoms with Gasteiger partial charge in [0.25, 0.3) is 0 Å². The van der Waals surface area contributed by atoms with Gasteiger partial charge in [-0.3, -0.25) is 19.2 Å². The monoisotopic (exact) mass is 517 g/mol. The number of carbonyl (C=O) groups excluding carboxylic acids is 4. The molecule has 0 bridgehead atoms. The fourth-order valence-electron chi connectivity index (χ4n) is 4.66. The van der Waals surface area contributed by atoms with Crippen molar-refractivity contribution in [2.24, 2.45) is 0 Å². The number of fused-ring (bicyclic) bond motifs is 1. The van der Waals surface area contributed by atoms with E-state index in [9.17, 15) is 19.2 Å². The lowest BCUT2D eigenvalue weighted by Gasteiger charge is -2.23. The zero-order valence-electron chi connectivity index (χ0n) is 21.7. The van der Waals surface area contributed by atoms with Gasteiger partial charge < -0.3 is 25.8 Å². The van der Waals surface area contributed by atoms with Crippen molar-refractivity contribution in [3.8, 4) is 0 Å². The van der Waals surface area contributed by atoms with E-state index in [4.69, 9.17) is 0 Å². The number of hydrogen-bond donors (Lipinski definition) is 4. The van der Waals surface area contributed by atoms with Crippen molar-refractivity contribution in [1.82, 2.24) is 25.8 Å². The lowest BCUT2D eigenvalue weighted by molar-refractivity contribution is -0.136. The van der Waals surface area contributed by atoms with Gasteiger partial charge in [0.1, 0.15) is 12.1 Å². The number of benzene rings is 2. The van der Waals surface area contributed by atoms with Crippen LogP contribution in [0.15, 0.2) is 60.8 Å². The van der Waals surface area contributed by atoms with E-state index >= 15 is 0 Å². The number of aromatic nitrogens is 1. The number of likely N-dealkylation sites (tertiary alicyclic amines) is 1. The van der Waals surface area contributed by atoms with Crippen molar-refractivity contribution >= 4 is 34.5 Å². The first-order valence-corrected chi connectivity index (χ1v) is 13.1. The van der Waals surface area contributed by atoms with Gasteiger partial charge in [0.15, 0.2) is 0 Å². The average molecular weight is 518 g/mol. The molecule has 0 unspecified atom stereocenters. The summed E-state index contributed by atoms with van der Waals surface area (Å²) in [5.74, 6) is -1.41. The van der Waals surface area contributed by atoms with Crippen LogP contribution in [-0.2, 0) is 32.1 Å². The molecule has 4 amide bonds. The van der Waals surface area contributed by atoms with Gasteiger partial charge in [0, 0.05) is 32.3 Å². The molecule has 1 aliphatic heterocycles. The van der Waals surface area contributed by atoms with E-state index < -0.39 is 18.0 Å². The molecule has 0 aliphatic carbocycles. The molecule has 4 rings (SSSR count). The average Bonchev–Trinajstić information content (AvgIpc) is 3.63. The largest absolute Gasteiger partial charge is 0.361 e. The molecule has 9 heteroatoms. The molecule has 1 aromatic heterocycles. The van der Waals surface area contributed by atoms with Crippen molar-refractivity contribution in [2.45, 2.75) is 57.7 Å². The van der Waals surface area contributed by atoms with E-state index in [1.54, 1.807) is 11.8 Å². The van der Waals surface area contributed by atoms with Crippen LogP contribution >= 0.6 is 0 Å². The molecule has 0 radical (unpaired) electrons. The maximum absolute atomic E-state index is 13.2. The Morgan fingerprint density at radius 1 is 0.921 bits per heavy atom. The van der Waals surface area contributed by atoms with Crippen molar-refractivity contribution in [2.75, 3.05) is 13.1 Å². The quantitative estimate of drug-likeness (QED) is 0.312. The fraction of sp³-hybridized carbons (Fsp3) is 0.379. The number of aromatic amines is 1. The predicted octanol–water partition coefficient (Wildman–Crippen LogP) is 2.42. The van der Waals surface area contributed by atoms with Crippen LogP contribution in [0, 0.1) is 0 Å². The van der Waals surface area contributed by atoms with Crippen molar-refractivity contribution < 1.29 is 19.2 Å². The van der Waals surface area contributed by atoms with Crippen LogP contribution in [0.2, 0.25) is 0 Å². The Hall–Kier alpha value is -4.14. The highest BCUT2D eigenvalue weighted by atomic mass is 16.2. The summed E-state index contributed by atoms with van der Waals surface area (Å²) in [6.45, 7) is 3.19. The maximum atomic E-state index is 13.2. The summed E-state index contributed by atoms with van der Waals surface area (Å²) in [6, 6.07) is 15.5. The molecule has 38 heavy (non-hydrogen) atoms. The minimum absolute atomic E-state index is 0.147. The molecule has 4 N–H and O–H groups in total. The number of nitrogens with zero attached hydrogens (tertiary/aromatic N) is 1. The second kappa shape index (κ2) is 12.9. The summed E-state index contributed by atoms with van der Waals surface area (Å²) in [5.41, 5.74) is 2.89. The van der Waals surface area contributed by atoms with Gasteiger partial charge in [-0.05, 0) is 48.8 Å². The Bertz CT molecular complexity index is 1270. The molecule has 1 saturated heterocycles. The fourth-order valence-corrected chi connectivity index (χ4v) is 4.66. The Kier molecular flexibility index (Phi) is 9.13. The number of hydrogen-bond acceptors (Lipinski definition) is 4. The first-order valence-electron chi connectivity index (χ1n) is 13.1. The normalized spacial score (nSPS) is 14.6. The molecule has 3 aromatic rings. The first-order chi connectivity index (χ1) is 18.4. The van der Waals surface area contributed by atoms with Gasteiger partial charge in [0.05, 0.1) is 11.9 Å². The Morgan fingerprint density at radius 2 is 1.68 bits per heavy atom. The molecule has 2 heterocycles. The van der Waals surface area contributed by atoms with Crippen molar-refractivity contribution in [3.05, 3.63) is 71.9 Å². The summed E-state index contributed by atoms with van der Waals surface area (Å²) >= 11 is 0. The molecule has 2 aromatic carbocycles. The SMILES string of the molecule is C[C@H](NC(=O)[C@H](CC(=O)N1CCCC1)NC(=O)CCc1ccccc1)C(=O)NCc1cccc2cc[nH]c12. The predicted molar refractivity (Wildman–Crippen MR) is 145 cm³/mol. The van der Waals surface area contributed by atoms with Gasteiger partial charge in [-0.25, -0.2) is 0 Å². The van der Waals surface area contributed by atoms with Crippen LogP contribution in [0.3, 0.4) is 0 Å². The standard InChI is InChI=1S/C29H35N5O4/c1-20(28(37)31-19-23-11-7-10-22-14-15-30-27(22)23)32-29(38)24(18-26(36)34-16-5-6-17-34)33-25(35)13-12-21-8-3-2-4-9-21/h2-4,7-11,14-15,20,24,30H,5-6,12-13,16-19H2,1H3,(H,31,37)(H,32,38)(H,33,35)/t20-,24-/m0/s1. The minimum atomic E-state index is -1.06. The molecular formula is C29H35N5O4. The summed E-state index contributed by atoms with van der Waals surface area (Å²) in [4.78, 5) is 56.3. The molecule has 200 valence electrons. The first kappa shape index (κ1) is 26.9. The van der Waals surface area contributed by atoms with Crippen LogP contribution in [0.25, 0.3) is 10.9 Å².